The molecule has 0 bridgehead atoms. The second-order valence-electron chi connectivity index (χ2n) is 4.91. The number of aliphatic hydroxyl groups is 1. The van der Waals surface area contributed by atoms with Crippen molar-refractivity contribution >= 4 is 5.91 Å². The van der Waals surface area contributed by atoms with Crippen LogP contribution in [0, 0.1) is 5.41 Å². The van der Waals surface area contributed by atoms with Gasteiger partial charge in [-0.1, -0.05) is 0 Å². The van der Waals surface area contributed by atoms with E-state index < -0.39 is 0 Å². The minimum atomic E-state index is -0.279. The first kappa shape index (κ1) is 11.8. The summed E-state index contributed by atoms with van der Waals surface area (Å²) in [6, 6.07) is 0. The quantitative estimate of drug-likeness (QED) is 0.684. The number of hydrogen-bond donors (Lipinski definition) is 1. The predicted octanol–water partition coefficient (Wildman–Crippen LogP) is -0.841. The van der Waals surface area contributed by atoms with Gasteiger partial charge in [-0.2, -0.15) is 0 Å². The SMILES string of the molecule is CC1(C(=O)N2CCN(CCO)CC2)COC1. The topological polar surface area (TPSA) is 53.0 Å². The highest BCUT2D eigenvalue weighted by molar-refractivity contribution is 5.83. The normalized spacial score (nSPS) is 25.2. The predicted molar refractivity (Wildman–Crippen MR) is 59.0 cm³/mol. The van der Waals surface area contributed by atoms with E-state index in [0.717, 1.165) is 26.2 Å². The molecule has 5 heteroatoms. The first-order chi connectivity index (χ1) is 7.65. The first-order valence-electron chi connectivity index (χ1n) is 5.86. The van der Waals surface area contributed by atoms with Gasteiger partial charge in [0, 0.05) is 32.7 Å². The Morgan fingerprint density at radius 3 is 2.38 bits per heavy atom. The van der Waals surface area contributed by atoms with Crippen LogP contribution >= 0.6 is 0 Å². The summed E-state index contributed by atoms with van der Waals surface area (Å²) in [5, 5.41) is 8.83. The maximum atomic E-state index is 12.1. The van der Waals surface area contributed by atoms with Crippen LogP contribution in [-0.2, 0) is 9.53 Å². The van der Waals surface area contributed by atoms with Crippen molar-refractivity contribution in [3.63, 3.8) is 0 Å². The van der Waals surface area contributed by atoms with Gasteiger partial charge in [-0.3, -0.25) is 9.69 Å². The molecular weight excluding hydrogens is 208 g/mol. The highest BCUT2D eigenvalue weighted by Crippen LogP contribution is 2.29. The monoisotopic (exact) mass is 228 g/mol. The number of β-amino-alcohol motifs (C(OH)–C–C–N with tert-alkyl or cyclic N) is 1. The first-order valence-corrected chi connectivity index (χ1v) is 5.86. The highest BCUT2D eigenvalue weighted by atomic mass is 16.5. The lowest BCUT2D eigenvalue weighted by atomic mass is 9.86. The van der Waals surface area contributed by atoms with Gasteiger partial charge < -0.3 is 14.7 Å². The Labute approximate surface area is 96.0 Å². The van der Waals surface area contributed by atoms with Crippen molar-refractivity contribution in [1.82, 2.24) is 9.80 Å². The molecule has 2 aliphatic heterocycles. The van der Waals surface area contributed by atoms with Gasteiger partial charge in [0.15, 0.2) is 0 Å². The van der Waals surface area contributed by atoms with Gasteiger partial charge in [0.1, 0.15) is 0 Å². The Morgan fingerprint density at radius 1 is 1.31 bits per heavy atom. The largest absolute Gasteiger partial charge is 0.395 e. The van der Waals surface area contributed by atoms with Crippen LogP contribution in [0.15, 0.2) is 0 Å². The Balaban J connectivity index is 1.82. The van der Waals surface area contributed by atoms with Gasteiger partial charge in [-0.15, -0.1) is 0 Å². The molecule has 0 saturated carbocycles. The van der Waals surface area contributed by atoms with E-state index in [0.29, 0.717) is 19.8 Å². The van der Waals surface area contributed by atoms with Crippen molar-refractivity contribution in [2.75, 3.05) is 52.5 Å². The third kappa shape index (κ3) is 2.21. The lowest BCUT2D eigenvalue weighted by Gasteiger charge is -2.43. The third-order valence-electron chi connectivity index (χ3n) is 3.43. The number of carbonyl (C=O) groups is 1. The van der Waals surface area contributed by atoms with E-state index in [1.807, 2.05) is 11.8 Å². The zero-order chi connectivity index (χ0) is 11.6. The minimum absolute atomic E-state index is 0.194. The zero-order valence-electron chi connectivity index (χ0n) is 9.81. The van der Waals surface area contributed by atoms with Crippen LogP contribution in [0.1, 0.15) is 6.92 Å². The molecule has 0 atom stereocenters. The average molecular weight is 228 g/mol. The molecule has 2 aliphatic rings. The molecule has 0 unspecified atom stereocenters. The summed E-state index contributed by atoms with van der Waals surface area (Å²) in [6.45, 7) is 7.27. The van der Waals surface area contributed by atoms with E-state index in [1.165, 1.54) is 0 Å². The van der Waals surface area contributed by atoms with Crippen molar-refractivity contribution in [3.8, 4) is 0 Å². The molecule has 0 aliphatic carbocycles. The molecule has 5 nitrogen and oxygen atoms in total. The molecule has 0 radical (unpaired) electrons. The Morgan fingerprint density at radius 2 is 1.94 bits per heavy atom. The van der Waals surface area contributed by atoms with Gasteiger partial charge >= 0.3 is 0 Å². The van der Waals surface area contributed by atoms with Gasteiger partial charge in [0.05, 0.1) is 25.2 Å². The van der Waals surface area contributed by atoms with E-state index in [-0.39, 0.29) is 17.9 Å². The second-order valence-corrected chi connectivity index (χ2v) is 4.91. The van der Waals surface area contributed by atoms with E-state index in [4.69, 9.17) is 9.84 Å². The third-order valence-corrected chi connectivity index (χ3v) is 3.43. The maximum Gasteiger partial charge on any atom is 0.233 e. The van der Waals surface area contributed by atoms with Crippen LogP contribution in [0.2, 0.25) is 0 Å². The van der Waals surface area contributed by atoms with E-state index >= 15 is 0 Å². The lowest BCUT2D eigenvalue weighted by Crippen LogP contribution is -2.58. The molecule has 92 valence electrons. The fourth-order valence-corrected chi connectivity index (χ4v) is 2.23. The van der Waals surface area contributed by atoms with Gasteiger partial charge in [0.25, 0.3) is 0 Å². The number of hydrogen-bond acceptors (Lipinski definition) is 4. The van der Waals surface area contributed by atoms with E-state index in [9.17, 15) is 4.79 Å². The Kier molecular flexibility index (Phi) is 3.47. The van der Waals surface area contributed by atoms with E-state index in [2.05, 4.69) is 4.90 Å². The number of amides is 1. The van der Waals surface area contributed by atoms with Crippen molar-refractivity contribution in [1.29, 1.82) is 0 Å². The van der Waals surface area contributed by atoms with Crippen LogP contribution in [0.25, 0.3) is 0 Å². The standard InChI is InChI=1S/C11H20N2O3/c1-11(8-16-9-11)10(15)13-4-2-12(3-5-13)6-7-14/h14H,2-9H2,1H3. The van der Waals surface area contributed by atoms with Crippen LogP contribution in [0.4, 0.5) is 0 Å². The van der Waals surface area contributed by atoms with Gasteiger partial charge in [-0.05, 0) is 6.92 Å². The lowest BCUT2D eigenvalue weighted by molar-refractivity contribution is -0.170. The molecule has 2 saturated heterocycles. The van der Waals surface area contributed by atoms with Crippen LogP contribution in [0.5, 0.6) is 0 Å². The molecule has 1 amide bonds. The molecule has 0 spiro atoms. The number of nitrogens with zero attached hydrogens (tertiary/aromatic N) is 2. The van der Waals surface area contributed by atoms with Gasteiger partial charge in [0.2, 0.25) is 5.91 Å². The Hall–Kier alpha value is -0.650. The summed E-state index contributed by atoms with van der Waals surface area (Å²) in [5.74, 6) is 0.224. The smallest absolute Gasteiger partial charge is 0.233 e. The summed E-state index contributed by atoms with van der Waals surface area (Å²) in [7, 11) is 0. The molecular formula is C11H20N2O3. The number of aliphatic hydroxyl groups excluding tert-OH is 1. The minimum Gasteiger partial charge on any atom is -0.395 e. The fourth-order valence-electron chi connectivity index (χ4n) is 2.23. The Bertz CT molecular complexity index is 258. The molecule has 0 aromatic carbocycles. The van der Waals surface area contributed by atoms with E-state index in [1.54, 1.807) is 0 Å². The molecule has 0 aromatic rings. The highest BCUT2D eigenvalue weighted by Gasteiger charge is 2.43. The summed E-state index contributed by atoms with van der Waals surface area (Å²) >= 11 is 0. The average Bonchev–Trinajstić information content (AvgIpc) is 2.26. The fraction of sp³-hybridized carbons (Fsp3) is 0.909. The van der Waals surface area contributed by atoms with Crippen molar-refractivity contribution < 1.29 is 14.6 Å². The summed E-state index contributed by atoms with van der Waals surface area (Å²) in [6.07, 6.45) is 0. The summed E-state index contributed by atoms with van der Waals surface area (Å²) in [4.78, 5) is 16.3. The van der Waals surface area contributed by atoms with Crippen molar-refractivity contribution in [3.05, 3.63) is 0 Å². The second kappa shape index (κ2) is 4.69. The molecule has 2 fully saturated rings. The summed E-state index contributed by atoms with van der Waals surface area (Å²) < 4.78 is 5.12. The number of rotatable bonds is 3. The molecule has 16 heavy (non-hydrogen) atoms. The van der Waals surface area contributed by atoms with Crippen LogP contribution in [-0.4, -0.2) is 73.4 Å². The van der Waals surface area contributed by atoms with Crippen LogP contribution in [0.3, 0.4) is 0 Å². The number of ether oxygens (including phenoxy) is 1. The van der Waals surface area contributed by atoms with Crippen molar-refractivity contribution in [2.45, 2.75) is 6.92 Å². The molecule has 2 rings (SSSR count). The molecule has 1 N–H and O–H groups in total. The van der Waals surface area contributed by atoms with Gasteiger partial charge in [-0.25, -0.2) is 0 Å². The number of piperazine rings is 1. The molecule has 0 aromatic heterocycles. The number of carbonyl (C=O) groups excluding carboxylic acids is 1. The van der Waals surface area contributed by atoms with Crippen LogP contribution < -0.4 is 0 Å². The maximum absolute atomic E-state index is 12.1. The molecule has 2 heterocycles. The zero-order valence-corrected chi connectivity index (χ0v) is 9.81. The van der Waals surface area contributed by atoms with Crippen molar-refractivity contribution in [2.24, 2.45) is 5.41 Å². The summed E-state index contributed by atoms with van der Waals surface area (Å²) in [5.41, 5.74) is -0.279.